The standard InChI is InChI=1S/C15H23FN2O/c1-11(2)17-8-12-3-4-15(14(16)7-12)18-6-5-13(9-18)10-19/h3-4,7,11,13,17,19H,5-6,8-10H2,1-2H3. The van der Waals surface area contributed by atoms with E-state index in [-0.39, 0.29) is 18.3 Å². The third-order valence-electron chi connectivity index (χ3n) is 3.61. The molecule has 1 aliphatic heterocycles. The summed E-state index contributed by atoms with van der Waals surface area (Å²) in [6.07, 6.45) is 0.937. The van der Waals surface area contributed by atoms with E-state index in [4.69, 9.17) is 5.11 Å². The van der Waals surface area contributed by atoms with Crippen LogP contribution in [0.2, 0.25) is 0 Å². The first-order valence-electron chi connectivity index (χ1n) is 6.97. The van der Waals surface area contributed by atoms with Crippen molar-refractivity contribution < 1.29 is 9.50 Å². The van der Waals surface area contributed by atoms with E-state index in [9.17, 15) is 4.39 Å². The van der Waals surface area contributed by atoms with Gasteiger partial charge in [-0.25, -0.2) is 4.39 Å². The van der Waals surface area contributed by atoms with Gasteiger partial charge in [-0.2, -0.15) is 0 Å². The van der Waals surface area contributed by atoms with E-state index in [1.807, 2.05) is 17.0 Å². The summed E-state index contributed by atoms with van der Waals surface area (Å²) < 4.78 is 14.1. The molecule has 0 bridgehead atoms. The number of aliphatic hydroxyl groups excluding tert-OH is 1. The van der Waals surface area contributed by atoms with Crippen molar-refractivity contribution in [1.29, 1.82) is 0 Å². The van der Waals surface area contributed by atoms with Crippen LogP contribution >= 0.6 is 0 Å². The molecular weight excluding hydrogens is 243 g/mol. The highest BCUT2D eigenvalue weighted by molar-refractivity contribution is 5.50. The van der Waals surface area contributed by atoms with E-state index in [2.05, 4.69) is 19.2 Å². The van der Waals surface area contributed by atoms with Crippen molar-refractivity contribution in [3.8, 4) is 0 Å². The lowest BCUT2D eigenvalue weighted by atomic mass is 10.1. The normalized spacial score (nSPS) is 19.4. The number of rotatable bonds is 5. The predicted octanol–water partition coefficient (Wildman–Crippen LogP) is 2.14. The van der Waals surface area contributed by atoms with Crippen LogP contribution in [0, 0.1) is 11.7 Å². The summed E-state index contributed by atoms with van der Waals surface area (Å²) >= 11 is 0. The van der Waals surface area contributed by atoms with Gasteiger partial charge in [-0.05, 0) is 24.1 Å². The molecule has 0 saturated carbocycles. The van der Waals surface area contributed by atoms with Crippen LogP contribution in [0.1, 0.15) is 25.8 Å². The number of aliphatic hydroxyl groups is 1. The highest BCUT2D eigenvalue weighted by Gasteiger charge is 2.23. The van der Waals surface area contributed by atoms with Crippen LogP contribution in [0.25, 0.3) is 0 Å². The molecule has 4 heteroatoms. The van der Waals surface area contributed by atoms with E-state index in [1.54, 1.807) is 6.07 Å². The minimum Gasteiger partial charge on any atom is -0.396 e. The zero-order valence-electron chi connectivity index (χ0n) is 11.7. The molecule has 0 radical (unpaired) electrons. The summed E-state index contributed by atoms with van der Waals surface area (Å²) in [4.78, 5) is 2.02. The second kappa shape index (κ2) is 6.35. The summed E-state index contributed by atoms with van der Waals surface area (Å²) in [5.74, 6) is 0.114. The largest absolute Gasteiger partial charge is 0.396 e. The van der Waals surface area contributed by atoms with Crippen LogP contribution in [0.5, 0.6) is 0 Å². The Morgan fingerprint density at radius 2 is 2.26 bits per heavy atom. The minimum atomic E-state index is -0.165. The molecule has 0 aliphatic carbocycles. The van der Waals surface area contributed by atoms with Gasteiger partial charge in [-0.3, -0.25) is 0 Å². The average Bonchev–Trinajstić information content (AvgIpc) is 2.85. The minimum absolute atomic E-state index is 0.165. The molecule has 1 aromatic rings. The molecule has 1 saturated heterocycles. The molecule has 1 unspecified atom stereocenters. The zero-order chi connectivity index (χ0) is 13.8. The Balaban J connectivity index is 2.03. The van der Waals surface area contributed by atoms with E-state index in [1.165, 1.54) is 0 Å². The van der Waals surface area contributed by atoms with Crippen molar-refractivity contribution in [2.75, 3.05) is 24.6 Å². The number of halogens is 1. The maximum atomic E-state index is 14.1. The van der Waals surface area contributed by atoms with Crippen LogP contribution in [0.3, 0.4) is 0 Å². The summed E-state index contributed by atoms with van der Waals surface area (Å²) in [5.41, 5.74) is 1.62. The van der Waals surface area contributed by atoms with Crippen LogP contribution < -0.4 is 10.2 Å². The van der Waals surface area contributed by atoms with E-state index >= 15 is 0 Å². The number of hydrogen-bond donors (Lipinski definition) is 2. The number of nitrogens with one attached hydrogen (secondary N) is 1. The molecular formula is C15H23FN2O. The summed E-state index contributed by atoms with van der Waals surface area (Å²) in [5, 5.41) is 12.4. The second-order valence-corrected chi connectivity index (χ2v) is 5.60. The first kappa shape index (κ1) is 14.3. The lowest BCUT2D eigenvalue weighted by Gasteiger charge is -2.20. The van der Waals surface area contributed by atoms with Crippen LogP contribution in [-0.2, 0) is 6.54 Å². The van der Waals surface area contributed by atoms with Gasteiger partial charge < -0.3 is 15.3 Å². The second-order valence-electron chi connectivity index (χ2n) is 5.60. The van der Waals surface area contributed by atoms with E-state index < -0.39 is 0 Å². The fourth-order valence-corrected chi connectivity index (χ4v) is 2.44. The quantitative estimate of drug-likeness (QED) is 0.857. The van der Waals surface area contributed by atoms with Crippen molar-refractivity contribution in [3.63, 3.8) is 0 Å². The molecule has 0 spiro atoms. The Labute approximate surface area is 114 Å². The van der Waals surface area contributed by atoms with Crippen molar-refractivity contribution in [3.05, 3.63) is 29.6 Å². The summed E-state index contributed by atoms with van der Waals surface area (Å²) in [6, 6.07) is 5.83. The van der Waals surface area contributed by atoms with Gasteiger partial charge in [-0.1, -0.05) is 19.9 Å². The molecule has 2 N–H and O–H groups in total. The van der Waals surface area contributed by atoms with Gasteiger partial charge in [0.15, 0.2) is 0 Å². The molecule has 2 rings (SSSR count). The highest BCUT2D eigenvalue weighted by Crippen LogP contribution is 2.26. The number of anilines is 1. The van der Waals surface area contributed by atoms with Gasteiger partial charge in [-0.15, -0.1) is 0 Å². The Hall–Kier alpha value is -1.13. The fraction of sp³-hybridized carbons (Fsp3) is 0.600. The topological polar surface area (TPSA) is 35.5 Å². The molecule has 19 heavy (non-hydrogen) atoms. The first-order chi connectivity index (χ1) is 9.10. The molecule has 0 aromatic heterocycles. The maximum absolute atomic E-state index is 14.1. The number of nitrogens with zero attached hydrogens (tertiary/aromatic N) is 1. The highest BCUT2D eigenvalue weighted by atomic mass is 19.1. The third-order valence-corrected chi connectivity index (χ3v) is 3.61. The fourth-order valence-electron chi connectivity index (χ4n) is 2.44. The van der Waals surface area contributed by atoms with Crippen LogP contribution in [0.15, 0.2) is 18.2 Å². The van der Waals surface area contributed by atoms with Crippen LogP contribution in [-0.4, -0.2) is 30.8 Å². The lowest BCUT2D eigenvalue weighted by Crippen LogP contribution is -2.23. The monoisotopic (exact) mass is 266 g/mol. The molecule has 1 atom stereocenters. The van der Waals surface area contributed by atoms with Gasteiger partial charge in [0, 0.05) is 38.2 Å². The Morgan fingerprint density at radius 1 is 1.47 bits per heavy atom. The van der Waals surface area contributed by atoms with Gasteiger partial charge in [0.2, 0.25) is 0 Å². The predicted molar refractivity (Wildman–Crippen MR) is 75.8 cm³/mol. The first-order valence-corrected chi connectivity index (χ1v) is 6.97. The number of benzene rings is 1. The molecule has 1 heterocycles. The molecule has 1 aromatic carbocycles. The average molecular weight is 266 g/mol. The van der Waals surface area contributed by atoms with Gasteiger partial charge in [0.25, 0.3) is 0 Å². The van der Waals surface area contributed by atoms with Crippen molar-refractivity contribution in [2.24, 2.45) is 5.92 Å². The molecule has 1 aliphatic rings. The lowest BCUT2D eigenvalue weighted by molar-refractivity contribution is 0.238. The van der Waals surface area contributed by atoms with Crippen molar-refractivity contribution in [1.82, 2.24) is 5.32 Å². The van der Waals surface area contributed by atoms with Gasteiger partial charge in [0.05, 0.1) is 5.69 Å². The Bertz CT molecular complexity index is 423. The summed E-state index contributed by atoms with van der Waals surface area (Å²) in [7, 11) is 0. The molecule has 0 amide bonds. The third kappa shape index (κ3) is 3.67. The molecule has 106 valence electrons. The van der Waals surface area contributed by atoms with Gasteiger partial charge >= 0.3 is 0 Å². The van der Waals surface area contributed by atoms with Crippen molar-refractivity contribution >= 4 is 5.69 Å². The van der Waals surface area contributed by atoms with Crippen LogP contribution in [0.4, 0.5) is 10.1 Å². The Kier molecular flexibility index (Phi) is 4.77. The summed E-state index contributed by atoms with van der Waals surface area (Å²) in [6.45, 7) is 6.60. The Morgan fingerprint density at radius 3 is 2.84 bits per heavy atom. The van der Waals surface area contributed by atoms with E-state index in [0.717, 1.165) is 25.1 Å². The zero-order valence-corrected chi connectivity index (χ0v) is 11.7. The van der Waals surface area contributed by atoms with E-state index in [0.29, 0.717) is 18.3 Å². The SMILES string of the molecule is CC(C)NCc1ccc(N2CCC(CO)C2)c(F)c1. The molecule has 1 fully saturated rings. The molecule has 3 nitrogen and oxygen atoms in total. The van der Waals surface area contributed by atoms with Gasteiger partial charge in [0.1, 0.15) is 5.82 Å². The van der Waals surface area contributed by atoms with Crippen molar-refractivity contribution in [2.45, 2.75) is 32.9 Å². The number of hydrogen-bond acceptors (Lipinski definition) is 3. The smallest absolute Gasteiger partial charge is 0.146 e. The maximum Gasteiger partial charge on any atom is 0.146 e.